The number of likely N-dealkylation sites (N-methyl/N-ethyl adjacent to an activating group) is 2. The number of nitrogen functional groups attached to an aromatic ring is 1. The molecule has 1 aromatic rings. The number of nitrogens with zero attached hydrogens (tertiary/aromatic N) is 3. The maximum absolute atomic E-state index is 11.5. The highest BCUT2D eigenvalue weighted by atomic mass is 16.2. The van der Waals surface area contributed by atoms with Gasteiger partial charge in [-0.15, -0.1) is 0 Å². The van der Waals surface area contributed by atoms with E-state index in [0.717, 1.165) is 5.56 Å². The van der Waals surface area contributed by atoms with Gasteiger partial charge in [0.25, 0.3) is 0 Å². The summed E-state index contributed by atoms with van der Waals surface area (Å²) in [5.41, 5.74) is 6.67. The fourth-order valence-electron chi connectivity index (χ4n) is 1.30. The number of pyridine rings is 1. The van der Waals surface area contributed by atoms with Crippen LogP contribution in [0.2, 0.25) is 0 Å². The van der Waals surface area contributed by atoms with E-state index in [1.165, 1.54) is 0 Å². The number of nitrogens with two attached hydrogens (primary N) is 1. The molecule has 2 N–H and O–H groups in total. The van der Waals surface area contributed by atoms with Gasteiger partial charge >= 0.3 is 0 Å². The fraction of sp³-hybridized carbons (Fsp3) is 0.455. The van der Waals surface area contributed by atoms with Gasteiger partial charge in [-0.1, -0.05) is 6.07 Å². The molecule has 0 saturated heterocycles. The lowest BCUT2D eigenvalue weighted by Gasteiger charge is -2.19. The molecule has 0 aliphatic carbocycles. The Hall–Kier alpha value is -1.62. The Morgan fingerprint density at radius 2 is 2.12 bits per heavy atom. The highest BCUT2D eigenvalue weighted by Gasteiger charge is 2.09. The zero-order chi connectivity index (χ0) is 12.1. The molecule has 0 atom stereocenters. The van der Waals surface area contributed by atoms with Crippen LogP contribution in [-0.4, -0.2) is 48.4 Å². The summed E-state index contributed by atoms with van der Waals surface area (Å²) < 4.78 is 0. The van der Waals surface area contributed by atoms with E-state index in [0.29, 0.717) is 18.9 Å². The molecule has 0 saturated carbocycles. The number of carbonyl (C=O) groups is 1. The SMILES string of the molecule is CN(CC(=O)N(C)C)Cc1cccnc1N. The van der Waals surface area contributed by atoms with Crippen LogP contribution < -0.4 is 5.73 Å². The lowest BCUT2D eigenvalue weighted by atomic mass is 10.2. The van der Waals surface area contributed by atoms with Crippen molar-refractivity contribution in [3.05, 3.63) is 23.9 Å². The molecule has 0 fully saturated rings. The van der Waals surface area contributed by atoms with Gasteiger partial charge < -0.3 is 10.6 Å². The van der Waals surface area contributed by atoms with E-state index in [2.05, 4.69) is 4.98 Å². The maximum atomic E-state index is 11.5. The van der Waals surface area contributed by atoms with Crippen LogP contribution in [-0.2, 0) is 11.3 Å². The summed E-state index contributed by atoms with van der Waals surface area (Å²) >= 11 is 0. The summed E-state index contributed by atoms with van der Waals surface area (Å²) in [4.78, 5) is 19.0. The summed E-state index contributed by atoms with van der Waals surface area (Å²) in [7, 11) is 5.37. The van der Waals surface area contributed by atoms with Crippen LogP contribution in [0.4, 0.5) is 5.82 Å². The first-order valence-corrected chi connectivity index (χ1v) is 5.08. The average Bonchev–Trinajstić information content (AvgIpc) is 2.21. The average molecular weight is 222 g/mol. The van der Waals surface area contributed by atoms with Crippen molar-refractivity contribution in [1.29, 1.82) is 0 Å². The number of anilines is 1. The van der Waals surface area contributed by atoms with Crippen LogP contribution >= 0.6 is 0 Å². The van der Waals surface area contributed by atoms with E-state index in [9.17, 15) is 4.79 Å². The monoisotopic (exact) mass is 222 g/mol. The van der Waals surface area contributed by atoms with E-state index in [4.69, 9.17) is 5.73 Å². The molecule has 0 aliphatic rings. The number of hydrogen-bond acceptors (Lipinski definition) is 4. The first-order chi connectivity index (χ1) is 7.50. The summed E-state index contributed by atoms with van der Waals surface area (Å²) in [5, 5.41) is 0. The van der Waals surface area contributed by atoms with Gasteiger partial charge in [0.15, 0.2) is 0 Å². The number of aromatic nitrogens is 1. The van der Waals surface area contributed by atoms with Crippen molar-refractivity contribution in [2.45, 2.75) is 6.54 Å². The molecule has 5 heteroatoms. The number of amides is 1. The molecule has 1 heterocycles. The topological polar surface area (TPSA) is 62.5 Å². The van der Waals surface area contributed by atoms with E-state index in [1.54, 1.807) is 25.2 Å². The Bertz CT molecular complexity index is 365. The summed E-state index contributed by atoms with van der Waals surface area (Å²) in [6.07, 6.45) is 1.66. The lowest BCUT2D eigenvalue weighted by molar-refractivity contribution is -0.129. The van der Waals surface area contributed by atoms with Crippen molar-refractivity contribution in [3.8, 4) is 0 Å². The highest BCUT2D eigenvalue weighted by Crippen LogP contribution is 2.09. The van der Waals surface area contributed by atoms with Crippen molar-refractivity contribution in [1.82, 2.24) is 14.8 Å². The molecule has 0 radical (unpaired) electrons. The summed E-state index contributed by atoms with van der Waals surface area (Å²) in [6.45, 7) is 1.00. The molecule has 0 unspecified atom stereocenters. The Kier molecular flexibility index (Phi) is 4.25. The van der Waals surface area contributed by atoms with Crippen LogP contribution in [0.15, 0.2) is 18.3 Å². The second-order valence-corrected chi connectivity index (χ2v) is 4.01. The number of carbonyl (C=O) groups excluding carboxylic acids is 1. The quantitative estimate of drug-likeness (QED) is 0.789. The van der Waals surface area contributed by atoms with Crippen molar-refractivity contribution >= 4 is 11.7 Å². The van der Waals surface area contributed by atoms with Gasteiger partial charge in [-0.05, 0) is 13.1 Å². The molecule has 0 bridgehead atoms. The highest BCUT2D eigenvalue weighted by molar-refractivity contribution is 5.77. The standard InChI is InChI=1S/C11H18N4O/c1-14(2)10(16)8-15(3)7-9-5-4-6-13-11(9)12/h4-6H,7-8H2,1-3H3,(H2,12,13). The molecule has 5 nitrogen and oxygen atoms in total. The van der Waals surface area contributed by atoms with Crippen LogP contribution in [0.1, 0.15) is 5.56 Å². The molecule has 1 rings (SSSR count). The Balaban J connectivity index is 2.55. The second kappa shape index (κ2) is 5.46. The third-order valence-corrected chi connectivity index (χ3v) is 2.27. The van der Waals surface area contributed by atoms with Crippen LogP contribution in [0, 0.1) is 0 Å². The molecule has 0 aromatic carbocycles. The van der Waals surface area contributed by atoms with E-state index >= 15 is 0 Å². The summed E-state index contributed by atoms with van der Waals surface area (Å²) in [6, 6.07) is 3.76. The second-order valence-electron chi connectivity index (χ2n) is 4.01. The molecule has 1 aromatic heterocycles. The molecular weight excluding hydrogens is 204 g/mol. The first-order valence-electron chi connectivity index (χ1n) is 5.08. The fourth-order valence-corrected chi connectivity index (χ4v) is 1.30. The smallest absolute Gasteiger partial charge is 0.236 e. The lowest BCUT2D eigenvalue weighted by Crippen LogP contribution is -2.34. The molecule has 16 heavy (non-hydrogen) atoms. The van der Waals surface area contributed by atoms with Crippen LogP contribution in [0.3, 0.4) is 0 Å². The minimum atomic E-state index is 0.0740. The van der Waals surface area contributed by atoms with E-state index in [-0.39, 0.29) is 5.91 Å². The first kappa shape index (κ1) is 12.4. The van der Waals surface area contributed by atoms with Gasteiger partial charge in [0, 0.05) is 32.4 Å². The van der Waals surface area contributed by atoms with Gasteiger partial charge in [-0.2, -0.15) is 0 Å². The van der Waals surface area contributed by atoms with E-state index in [1.807, 2.05) is 24.1 Å². The number of hydrogen-bond donors (Lipinski definition) is 1. The van der Waals surface area contributed by atoms with Gasteiger partial charge in [0.2, 0.25) is 5.91 Å². The third-order valence-electron chi connectivity index (χ3n) is 2.27. The molecule has 0 aliphatic heterocycles. The predicted molar refractivity (Wildman–Crippen MR) is 63.7 cm³/mol. The van der Waals surface area contributed by atoms with Gasteiger partial charge in [0.05, 0.1) is 6.54 Å². The van der Waals surface area contributed by atoms with Crippen LogP contribution in [0.5, 0.6) is 0 Å². The molecule has 0 spiro atoms. The zero-order valence-electron chi connectivity index (χ0n) is 9.97. The largest absolute Gasteiger partial charge is 0.383 e. The van der Waals surface area contributed by atoms with Gasteiger partial charge in [-0.3, -0.25) is 9.69 Å². The Morgan fingerprint density at radius 1 is 1.44 bits per heavy atom. The normalized spacial score (nSPS) is 10.5. The predicted octanol–water partition coefficient (Wildman–Crippen LogP) is 0.184. The van der Waals surface area contributed by atoms with E-state index < -0.39 is 0 Å². The molecule has 1 amide bonds. The van der Waals surface area contributed by atoms with Gasteiger partial charge in [0.1, 0.15) is 5.82 Å². The number of rotatable bonds is 4. The zero-order valence-corrected chi connectivity index (χ0v) is 9.97. The maximum Gasteiger partial charge on any atom is 0.236 e. The molecule has 88 valence electrons. The minimum absolute atomic E-state index is 0.0740. The Morgan fingerprint density at radius 3 is 2.69 bits per heavy atom. The van der Waals surface area contributed by atoms with Crippen molar-refractivity contribution in [2.24, 2.45) is 0 Å². The Labute approximate surface area is 95.9 Å². The minimum Gasteiger partial charge on any atom is -0.383 e. The molecular formula is C11H18N4O. The van der Waals surface area contributed by atoms with Crippen LogP contribution in [0.25, 0.3) is 0 Å². The van der Waals surface area contributed by atoms with Gasteiger partial charge in [-0.25, -0.2) is 4.98 Å². The van der Waals surface area contributed by atoms with Crippen molar-refractivity contribution in [2.75, 3.05) is 33.4 Å². The third kappa shape index (κ3) is 3.51. The summed E-state index contributed by atoms with van der Waals surface area (Å²) in [5.74, 6) is 0.594. The van der Waals surface area contributed by atoms with Crippen molar-refractivity contribution < 1.29 is 4.79 Å². The van der Waals surface area contributed by atoms with Crippen molar-refractivity contribution in [3.63, 3.8) is 0 Å².